The molecule has 220 valence electrons. The average molecular weight is 536 g/mol. The first kappa shape index (κ1) is 32.8. The smallest absolute Gasteiger partial charge is 0.186 e. The maximum atomic E-state index is 6.40. The summed E-state index contributed by atoms with van der Waals surface area (Å²) in [5.74, 6) is 0. The lowest BCUT2D eigenvalue weighted by atomic mass is 9.98. The van der Waals surface area contributed by atoms with E-state index < -0.39 is 12.4 Å². The molecule has 0 saturated carbocycles. The lowest BCUT2D eigenvalue weighted by molar-refractivity contribution is -0.319. The van der Waals surface area contributed by atoms with E-state index in [1.165, 1.54) is 0 Å². The molecule has 0 amide bonds. The maximum Gasteiger partial charge on any atom is 0.186 e. The second-order valence-corrected chi connectivity index (χ2v) is 9.48. The van der Waals surface area contributed by atoms with E-state index >= 15 is 0 Å². The van der Waals surface area contributed by atoms with Crippen LogP contribution in [0.25, 0.3) is 0 Å². The summed E-state index contributed by atoms with van der Waals surface area (Å²) in [5, 5.41) is 0. The Balaban J connectivity index is 2.06. The standard InChI is InChI=1S/C27H53NO9/c1-5-7-14-33-22-23-24(34-15-8-6-2)25-26(27(30-4)37-23)36-21-19-32-17-12-28(10-9-13-29-3)11-16-31-18-20-35-25/h23-27H,5-22H2,1-4H3/t23-,24-,25+,26-,27+/m1/s1. The highest BCUT2D eigenvalue weighted by Gasteiger charge is 2.48. The van der Waals surface area contributed by atoms with Crippen LogP contribution in [0, 0.1) is 0 Å². The van der Waals surface area contributed by atoms with E-state index in [0.29, 0.717) is 59.5 Å². The molecule has 10 heteroatoms. The van der Waals surface area contributed by atoms with E-state index in [1.54, 1.807) is 14.2 Å². The quantitative estimate of drug-likeness (QED) is 0.309. The second-order valence-electron chi connectivity index (χ2n) is 9.48. The predicted molar refractivity (Wildman–Crippen MR) is 140 cm³/mol. The van der Waals surface area contributed by atoms with Crippen LogP contribution in [0.1, 0.15) is 46.0 Å². The number of nitrogens with zero attached hydrogens (tertiary/aromatic N) is 1. The van der Waals surface area contributed by atoms with Gasteiger partial charge < -0.3 is 42.6 Å². The van der Waals surface area contributed by atoms with Crippen molar-refractivity contribution in [1.82, 2.24) is 4.90 Å². The van der Waals surface area contributed by atoms with Gasteiger partial charge in [0, 0.05) is 53.7 Å². The Kier molecular flexibility index (Phi) is 19.0. The third-order valence-electron chi connectivity index (χ3n) is 6.56. The van der Waals surface area contributed by atoms with Gasteiger partial charge in [0.2, 0.25) is 0 Å². The minimum absolute atomic E-state index is 0.316. The van der Waals surface area contributed by atoms with Crippen molar-refractivity contribution in [3.8, 4) is 0 Å². The fourth-order valence-corrected chi connectivity index (χ4v) is 4.42. The molecule has 0 unspecified atom stereocenters. The Morgan fingerprint density at radius 2 is 1.43 bits per heavy atom. The van der Waals surface area contributed by atoms with E-state index in [-0.39, 0.29) is 18.3 Å². The van der Waals surface area contributed by atoms with Gasteiger partial charge in [-0.05, 0) is 19.3 Å². The van der Waals surface area contributed by atoms with E-state index in [4.69, 9.17) is 42.6 Å². The van der Waals surface area contributed by atoms with E-state index in [1.807, 2.05) is 0 Å². The third kappa shape index (κ3) is 13.0. The first-order chi connectivity index (χ1) is 18.2. The van der Waals surface area contributed by atoms with Gasteiger partial charge in [-0.1, -0.05) is 26.7 Å². The van der Waals surface area contributed by atoms with Gasteiger partial charge in [-0.25, -0.2) is 0 Å². The molecule has 0 N–H and O–H groups in total. The molecule has 2 aliphatic rings. The fraction of sp³-hybridized carbons (Fsp3) is 1.00. The van der Waals surface area contributed by atoms with Crippen LogP contribution in [0.4, 0.5) is 0 Å². The van der Waals surface area contributed by atoms with Gasteiger partial charge in [0.05, 0.1) is 46.2 Å². The third-order valence-corrected chi connectivity index (χ3v) is 6.56. The van der Waals surface area contributed by atoms with Gasteiger partial charge in [-0.2, -0.15) is 0 Å². The van der Waals surface area contributed by atoms with Crippen molar-refractivity contribution >= 4 is 0 Å². The molecule has 2 fully saturated rings. The number of ether oxygens (including phenoxy) is 9. The van der Waals surface area contributed by atoms with Crippen LogP contribution in [0.3, 0.4) is 0 Å². The summed E-state index contributed by atoms with van der Waals surface area (Å²) in [6.07, 6.45) is 3.00. The van der Waals surface area contributed by atoms with E-state index in [0.717, 1.165) is 58.3 Å². The number of fused-ring (bicyclic) bond motifs is 1. The highest BCUT2D eigenvalue weighted by atomic mass is 16.7. The van der Waals surface area contributed by atoms with Crippen LogP contribution in [0.15, 0.2) is 0 Å². The molecule has 10 nitrogen and oxygen atoms in total. The number of methoxy groups -OCH3 is 2. The van der Waals surface area contributed by atoms with Gasteiger partial charge in [0.15, 0.2) is 6.29 Å². The van der Waals surface area contributed by atoms with Crippen LogP contribution in [-0.2, 0) is 42.6 Å². The number of rotatable bonds is 14. The Labute approximate surface area is 224 Å². The normalized spacial score (nSPS) is 29.4. The molecule has 0 aromatic heterocycles. The van der Waals surface area contributed by atoms with Gasteiger partial charge in [0.1, 0.15) is 24.4 Å². The summed E-state index contributed by atoms with van der Waals surface area (Å²) in [5.41, 5.74) is 0. The summed E-state index contributed by atoms with van der Waals surface area (Å²) >= 11 is 0. The van der Waals surface area contributed by atoms with E-state index in [2.05, 4.69) is 18.7 Å². The molecule has 5 atom stereocenters. The van der Waals surface area contributed by atoms with Crippen molar-refractivity contribution in [2.45, 2.75) is 76.7 Å². The van der Waals surface area contributed by atoms with Crippen LogP contribution < -0.4 is 0 Å². The lowest BCUT2D eigenvalue weighted by Gasteiger charge is -2.45. The Hall–Kier alpha value is -0.400. The van der Waals surface area contributed by atoms with Crippen molar-refractivity contribution in [2.75, 3.05) is 99.9 Å². The Morgan fingerprint density at radius 3 is 2.08 bits per heavy atom. The molecule has 0 spiro atoms. The van der Waals surface area contributed by atoms with Gasteiger partial charge in [-0.3, -0.25) is 4.90 Å². The molecule has 2 rings (SSSR count). The maximum absolute atomic E-state index is 6.40. The van der Waals surface area contributed by atoms with Crippen LogP contribution in [-0.4, -0.2) is 136 Å². The minimum atomic E-state index is -0.594. The molecular formula is C27H53NO9. The highest BCUT2D eigenvalue weighted by Crippen LogP contribution is 2.29. The van der Waals surface area contributed by atoms with Crippen molar-refractivity contribution in [1.29, 1.82) is 0 Å². The van der Waals surface area contributed by atoms with Gasteiger partial charge in [-0.15, -0.1) is 0 Å². The van der Waals surface area contributed by atoms with Crippen LogP contribution >= 0.6 is 0 Å². The fourth-order valence-electron chi connectivity index (χ4n) is 4.42. The molecule has 0 radical (unpaired) electrons. The van der Waals surface area contributed by atoms with Crippen LogP contribution in [0.5, 0.6) is 0 Å². The monoisotopic (exact) mass is 535 g/mol. The Bertz CT molecular complexity index is 530. The summed E-state index contributed by atoms with van der Waals surface area (Å²) in [7, 11) is 3.36. The zero-order chi connectivity index (χ0) is 26.6. The van der Waals surface area contributed by atoms with Crippen molar-refractivity contribution < 1.29 is 42.6 Å². The van der Waals surface area contributed by atoms with Gasteiger partial charge in [0.25, 0.3) is 0 Å². The molecule has 0 aliphatic carbocycles. The molecule has 2 heterocycles. The van der Waals surface area contributed by atoms with Crippen molar-refractivity contribution in [3.63, 3.8) is 0 Å². The molecule has 2 aliphatic heterocycles. The van der Waals surface area contributed by atoms with Crippen LogP contribution in [0.2, 0.25) is 0 Å². The first-order valence-corrected chi connectivity index (χ1v) is 14.2. The summed E-state index contributed by atoms with van der Waals surface area (Å²) in [6, 6.07) is 0. The minimum Gasteiger partial charge on any atom is -0.385 e. The zero-order valence-corrected chi connectivity index (χ0v) is 23.7. The molecule has 0 aromatic rings. The lowest BCUT2D eigenvalue weighted by Crippen LogP contribution is -2.62. The molecule has 0 bridgehead atoms. The number of hydrogen-bond acceptors (Lipinski definition) is 10. The molecule has 37 heavy (non-hydrogen) atoms. The Morgan fingerprint density at radius 1 is 0.757 bits per heavy atom. The zero-order valence-electron chi connectivity index (χ0n) is 23.7. The summed E-state index contributed by atoms with van der Waals surface area (Å²) in [6.45, 7) is 12.5. The summed E-state index contributed by atoms with van der Waals surface area (Å²) < 4.78 is 54.0. The van der Waals surface area contributed by atoms with Crippen molar-refractivity contribution in [3.05, 3.63) is 0 Å². The number of hydrogen-bond donors (Lipinski definition) is 0. The topological polar surface area (TPSA) is 86.3 Å². The second kappa shape index (κ2) is 21.4. The van der Waals surface area contributed by atoms with Gasteiger partial charge >= 0.3 is 0 Å². The predicted octanol–water partition coefficient (Wildman–Crippen LogP) is 2.52. The SMILES string of the molecule is CCCCOC[C@H]1O[C@H](OC)[C@@H]2OCCOCCN(CCCOC)CCOCCO[C@H]2[C@@H]1OCCCC. The summed E-state index contributed by atoms with van der Waals surface area (Å²) in [4.78, 5) is 2.34. The van der Waals surface area contributed by atoms with Crippen molar-refractivity contribution in [2.24, 2.45) is 0 Å². The molecule has 0 aromatic carbocycles. The average Bonchev–Trinajstić information content (AvgIpc) is 2.91. The van der Waals surface area contributed by atoms with E-state index in [9.17, 15) is 0 Å². The molecular weight excluding hydrogens is 482 g/mol. The highest BCUT2D eigenvalue weighted by molar-refractivity contribution is 4.93. The molecule has 2 saturated heterocycles. The largest absolute Gasteiger partial charge is 0.385 e. The first-order valence-electron chi connectivity index (χ1n) is 14.2. The number of unbranched alkanes of at least 4 members (excludes halogenated alkanes) is 2.